The Morgan fingerprint density at radius 1 is 1.28 bits per heavy atom. The molecule has 2 aromatic rings. The first-order valence-electron chi connectivity index (χ1n) is 14.9. The number of ketones is 1. The van der Waals surface area contributed by atoms with Gasteiger partial charge in [0.25, 0.3) is 0 Å². The number of rotatable bonds is 12. The van der Waals surface area contributed by atoms with Crippen LogP contribution in [0.3, 0.4) is 0 Å². The molecule has 0 saturated carbocycles. The fraction of sp³-hybridized carbons (Fsp3) is 0.593. The first-order valence-corrected chi connectivity index (χ1v) is 16.9. The van der Waals surface area contributed by atoms with E-state index in [0.717, 1.165) is 60.2 Å². The second-order valence-corrected chi connectivity index (χ2v) is 14.7. The molecule has 0 aliphatic carbocycles. The van der Waals surface area contributed by atoms with Gasteiger partial charge in [-0.1, -0.05) is 5.16 Å². The number of aliphatic carboxylic acids is 1. The van der Waals surface area contributed by atoms with E-state index in [1.807, 2.05) is 0 Å². The van der Waals surface area contributed by atoms with Gasteiger partial charge in [0.15, 0.2) is 22.6 Å². The number of thioether (sulfide) groups is 1. The van der Waals surface area contributed by atoms with Crippen LogP contribution in [0.25, 0.3) is 5.70 Å². The van der Waals surface area contributed by atoms with E-state index in [2.05, 4.69) is 35.8 Å². The Morgan fingerprint density at radius 2 is 2.02 bits per heavy atom. The van der Waals surface area contributed by atoms with Crippen molar-refractivity contribution in [3.63, 3.8) is 0 Å². The summed E-state index contributed by atoms with van der Waals surface area (Å²) in [4.78, 5) is 54.6. The van der Waals surface area contributed by atoms with Crippen LogP contribution in [0.15, 0.2) is 21.1 Å². The number of thiazole rings is 1. The molecule has 0 unspecified atom stereocenters. The van der Waals surface area contributed by atoms with Crippen molar-refractivity contribution >= 4 is 63.3 Å². The third kappa shape index (κ3) is 5.49. The van der Waals surface area contributed by atoms with Gasteiger partial charge in [-0.15, -0.1) is 33.3 Å². The van der Waals surface area contributed by atoms with Crippen LogP contribution in [-0.2, 0) is 19.2 Å². The van der Waals surface area contributed by atoms with Crippen LogP contribution >= 0.6 is 23.1 Å². The number of carbonyl (C=O) groups excluding carboxylic acids is 2. The Labute approximate surface area is 272 Å². The normalized spacial score (nSPS) is 27.7. The Bertz CT molecular complexity index is 1620. The van der Waals surface area contributed by atoms with Gasteiger partial charge in [0.1, 0.15) is 17.8 Å². The highest BCUT2D eigenvalue weighted by Gasteiger charge is 2.60. The van der Waals surface area contributed by atoms with Crippen LogP contribution in [-0.4, -0.2) is 118 Å². The smallest absolute Gasteiger partial charge is 0.350 e. The molecule has 8 N–H and O–H groups in total. The van der Waals surface area contributed by atoms with Crippen LogP contribution in [0.2, 0.25) is 0 Å². The van der Waals surface area contributed by atoms with Crippen LogP contribution in [0, 0.1) is 5.92 Å². The van der Waals surface area contributed by atoms with Crippen molar-refractivity contribution in [2.45, 2.75) is 62.5 Å². The van der Waals surface area contributed by atoms with Gasteiger partial charge in [0, 0.05) is 48.8 Å². The van der Waals surface area contributed by atoms with E-state index in [1.165, 1.54) is 19.2 Å². The third-order valence-corrected chi connectivity index (χ3v) is 11.6. The van der Waals surface area contributed by atoms with E-state index in [4.69, 9.17) is 22.0 Å². The molecule has 0 aromatic carbocycles. The molecule has 2 aromatic heterocycles. The summed E-state index contributed by atoms with van der Waals surface area (Å²) in [6, 6.07) is 0. The number of amides is 1. The summed E-state index contributed by atoms with van der Waals surface area (Å²) in [5.41, 5.74) is 17.1. The number of hydrogen-bond acceptors (Lipinski definition) is 13. The zero-order valence-electron chi connectivity index (χ0n) is 25.5. The number of anilines is 1. The summed E-state index contributed by atoms with van der Waals surface area (Å²) in [5, 5.41) is 29.5. The number of nitrogen functional groups attached to an aromatic ring is 1. The van der Waals surface area contributed by atoms with Crippen molar-refractivity contribution < 1.29 is 28.8 Å². The van der Waals surface area contributed by atoms with Crippen molar-refractivity contribution in [3.05, 3.63) is 22.5 Å². The Hall–Kier alpha value is -4.10. The number of tetrazole rings is 1. The lowest BCUT2D eigenvalue weighted by atomic mass is 9.88. The summed E-state index contributed by atoms with van der Waals surface area (Å²) >= 11 is 2.69. The van der Waals surface area contributed by atoms with Crippen LogP contribution in [0.5, 0.6) is 0 Å². The number of Topliss-reactive ketones (excluding diaryl/α,β-unsaturated/α-hetero) is 1. The Morgan fingerprint density at radius 3 is 2.63 bits per heavy atom. The zero-order valence-corrected chi connectivity index (χ0v) is 27.1. The number of nitrogens with zero attached hydrogens (tertiary/aromatic N) is 8. The number of carboxylic acid groups (broad SMARTS) is 1. The Kier molecular flexibility index (Phi) is 8.26. The van der Waals surface area contributed by atoms with Crippen molar-refractivity contribution in [1.29, 1.82) is 0 Å². The van der Waals surface area contributed by atoms with E-state index in [1.54, 1.807) is 16.7 Å². The fourth-order valence-electron chi connectivity index (χ4n) is 7.19. The number of carbonyl (C=O) groups is 3. The summed E-state index contributed by atoms with van der Waals surface area (Å²) in [7, 11) is 0. The van der Waals surface area contributed by atoms with Gasteiger partial charge in [-0.05, 0) is 19.1 Å². The number of aromatic amines is 1. The van der Waals surface area contributed by atoms with Crippen molar-refractivity contribution in [1.82, 2.24) is 30.5 Å². The highest BCUT2D eigenvalue weighted by Crippen LogP contribution is 2.51. The molecule has 2 atom stereocenters. The SMILES string of the molecule is CC(C)(O/N=C(\C(=O)C[C@@H]1C(=O)N2C(c3nn[nH]n3)=C(C[N+]34CCCC3(CN=C(N)N)CCC4)CS[C@H]12)c1csc(N)n1)C(=O)O. The second kappa shape index (κ2) is 11.9. The number of H-pyrrole nitrogens is 1. The third-order valence-electron chi connectivity index (χ3n) is 9.54. The minimum atomic E-state index is -1.70. The number of guanidine groups is 1. The Balaban J connectivity index is 1.27. The maximum absolute atomic E-state index is 13.9. The number of aromatic nitrogens is 5. The largest absolute Gasteiger partial charge is 0.478 e. The summed E-state index contributed by atoms with van der Waals surface area (Å²) in [5.74, 6) is -1.66. The van der Waals surface area contributed by atoms with Gasteiger partial charge >= 0.3 is 5.97 Å². The number of nitrogens with one attached hydrogen (secondary N) is 1. The molecule has 19 heteroatoms. The predicted molar refractivity (Wildman–Crippen MR) is 170 cm³/mol. The first-order chi connectivity index (χ1) is 21.9. The van der Waals surface area contributed by atoms with E-state index in [9.17, 15) is 19.5 Å². The topological polar surface area (TPSA) is 254 Å². The molecule has 4 aliphatic heterocycles. The van der Waals surface area contributed by atoms with E-state index >= 15 is 0 Å². The first kappa shape index (κ1) is 31.9. The molecule has 0 radical (unpaired) electrons. The lowest BCUT2D eigenvalue weighted by molar-refractivity contribution is -0.945. The number of hydrogen-bond donors (Lipinski definition) is 5. The zero-order chi connectivity index (χ0) is 32.9. The molecular weight excluding hydrogens is 637 g/mol. The molecule has 246 valence electrons. The number of fused-ring (bicyclic) bond motifs is 2. The molecular formula is C27H37N12O5S2+. The number of oxime groups is 1. The minimum absolute atomic E-state index is 0.0686. The van der Waals surface area contributed by atoms with Crippen molar-refractivity contribution in [3.8, 4) is 0 Å². The van der Waals surface area contributed by atoms with Gasteiger partial charge in [-0.2, -0.15) is 5.21 Å². The van der Waals surface area contributed by atoms with Crippen LogP contribution in [0.1, 0.15) is 57.5 Å². The molecule has 3 saturated heterocycles. The summed E-state index contributed by atoms with van der Waals surface area (Å²) < 4.78 is 0.846. The highest BCUT2D eigenvalue weighted by molar-refractivity contribution is 8.00. The molecule has 0 bridgehead atoms. The number of carboxylic acids is 1. The second-order valence-electron chi connectivity index (χ2n) is 12.7. The van der Waals surface area contributed by atoms with Crippen LogP contribution in [0.4, 0.5) is 5.13 Å². The average Bonchev–Trinajstić information content (AvgIpc) is 3.80. The molecule has 6 rings (SSSR count). The van der Waals surface area contributed by atoms with Gasteiger partial charge in [-0.3, -0.25) is 14.5 Å². The van der Waals surface area contributed by atoms with E-state index < -0.39 is 23.3 Å². The molecule has 6 heterocycles. The standard InChI is InChI=1S/C27H36N12O5S2/c1-26(2,23(42)43)44-35-18(16-12-46-25(30)32-16)17(40)9-15-21(41)38-19(20-33-36-37-34-20)14(11-45-22(15)38)10-39-7-3-5-27(39,6-4-8-39)13-31-24(28)29/h12,15,22H,3-11,13H2,1-2H3,(H7-,28,29,30,31,32,33,34,36,37,42,43)/p+1/b35-18-/t15-,22-,27?,39?/m1/s1. The van der Waals surface area contributed by atoms with Crippen LogP contribution < -0.4 is 17.2 Å². The average molecular weight is 674 g/mol. The van der Waals surface area contributed by atoms with E-state index in [0.29, 0.717) is 30.4 Å². The monoisotopic (exact) mass is 673 g/mol. The maximum atomic E-state index is 13.9. The molecule has 4 aliphatic rings. The molecule has 17 nitrogen and oxygen atoms in total. The lowest BCUT2D eigenvalue weighted by Gasteiger charge is -2.51. The quantitative estimate of drug-likeness (QED) is 0.0662. The lowest BCUT2D eigenvalue weighted by Crippen LogP contribution is -2.63. The number of aliphatic imine (C=N–C) groups is 1. The predicted octanol–water partition coefficient (Wildman–Crippen LogP) is 0.141. The maximum Gasteiger partial charge on any atom is 0.350 e. The summed E-state index contributed by atoms with van der Waals surface area (Å²) in [6.45, 7) is 5.87. The summed E-state index contributed by atoms with van der Waals surface area (Å²) in [6.07, 6.45) is 4.00. The van der Waals surface area contributed by atoms with Crippen molar-refractivity contribution in [2.24, 2.45) is 27.5 Å². The van der Waals surface area contributed by atoms with Gasteiger partial charge < -0.3 is 31.6 Å². The number of nitrogens with two attached hydrogens (primary N) is 3. The minimum Gasteiger partial charge on any atom is -0.478 e. The van der Waals surface area contributed by atoms with Gasteiger partial charge in [0.05, 0.1) is 36.6 Å². The fourth-order valence-corrected chi connectivity index (χ4v) is 9.14. The molecule has 0 spiro atoms. The molecule has 46 heavy (non-hydrogen) atoms. The highest BCUT2D eigenvalue weighted by atomic mass is 32.2. The van der Waals surface area contributed by atoms with Gasteiger partial charge in [0.2, 0.25) is 17.3 Å². The molecule has 3 fully saturated rings. The van der Waals surface area contributed by atoms with Crippen molar-refractivity contribution in [2.75, 3.05) is 37.7 Å². The van der Waals surface area contributed by atoms with Gasteiger partial charge in [-0.25, -0.2) is 14.8 Å². The number of β-lactam (4-membered cyclic amide) rings is 1. The van der Waals surface area contributed by atoms with E-state index in [-0.39, 0.29) is 45.7 Å². The molecule has 1 amide bonds. The number of quaternary nitrogens is 1.